The largest absolute Gasteiger partial charge is 0.477 e. The summed E-state index contributed by atoms with van der Waals surface area (Å²) in [7, 11) is 0. The molecule has 0 unspecified atom stereocenters. The van der Waals surface area contributed by atoms with Gasteiger partial charge in [0.2, 0.25) is 0 Å². The van der Waals surface area contributed by atoms with Gasteiger partial charge in [0.1, 0.15) is 4.88 Å². The first-order valence-corrected chi connectivity index (χ1v) is 4.88. The van der Waals surface area contributed by atoms with Gasteiger partial charge in [0.25, 0.3) is 0 Å². The Morgan fingerprint density at radius 1 is 1.77 bits per heavy atom. The van der Waals surface area contributed by atoms with E-state index in [9.17, 15) is 4.79 Å². The van der Waals surface area contributed by atoms with E-state index in [1.54, 1.807) is 0 Å². The van der Waals surface area contributed by atoms with Gasteiger partial charge in [-0.25, -0.2) is 9.78 Å². The first-order chi connectivity index (χ1) is 6.09. The monoisotopic (exact) mass is 198 g/mol. The zero-order valence-corrected chi connectivity index (χ0v) is 8.02. The Morgan fingerprint density at radius 3 is 2.92 bits per heavy atom. The molecular formula is C8H10N2O2S. The number of aromatic carboxylic acids is 1. The third kappa shape index (κ3) is 1.80. The lowest BCUT2D eigenvalue weighted by Crippen LogP contribution is -2.15. The fourth-order valence-corrected chi connectivity index (χ4v) is 1.81. The summed E-state index contributed by atoms with van der Waals surface area (Å²) >= 11 is 1.19. The highest BCUT2D eigenvalue weighted by atomic mass is 32.1. The topological polar surface area (TPSA) is 62.2 Å². The summed E-state index contributed by atoms with van der Waals surface area (Å²) in [4.78, 5) is 14.8. The normalized spacial score (nSPS) is 18.2. The van der Waals surface area contributed by atoms with Gasteiger partial charge in [-0.2, -0.15) is 0 Å². The number of nitrogens with zero attached hydrogens (tertiary/aromatic N) is 1. The van der Waals surface area contributed by atoms with Crippen LogP contribution in [0.25, 0.3) is 0 Å². The van der Waals surface area contributed by atoms with Crippen LogP contribution in [-0.2, 0) is 0 Å². The Morgan fingerprint density at radius 2 is 2.46 bits per heavy atom. The minimum atomic E-state index is -0.911. The van der Waals surface area contributed by atoms with E-state index in [0.29, 0.717) is 5.13 Å². The second-order valence-corrected chi connectivity index (χ2v) is 4.55. The van der Waals surface area contributed by atoms with Crippen LogP contribution < -0.4 is 5.32 Å². The number of hydrogen-bond acceptors (Lipinski definition) is 4. The van der Waals surface area contributed by atoms with Crippen molar-refractivity contribution in [2.24, 2.45) is 0 Å². The molecule has 0 spiro atoms. The summed E-state index contributed by atoms with van der Waals surface area (Å²) in [6.45, 7) is 2.11. The number of carboxylic acids is 1. The Kier molecular flexibility index (Phi) is 1.76. The van der Waals surface area contributed by atoms with Gasteiger partial charge >= 0.3 is 5.97 Å². The summed E-state index contributed by atoms with van der Waals surface area (Å²) in [5.74, 6) is -0.911. The molecule has 2 rings (SSSR count). The Labute approximate surface area is 79.6 Å². The van der Waals surface area contributed by atoms with E-state index in [1.807, 2.05) is 0 Å². The van der Waals surface area contributed by atoms with E-state index < -0.39 is 5.97 Å². The van der Waals surface area contributed by atoms with Crippen LogP contribution in [-0.4, -0.2) is 21.6 Å². The van der Waals surface area contributed by atoms with Crippen molar-refractivity contribution >= 4 is 22.4 Å². The number of anilines is 1. The van der Waals surface area contributed by atoms with Crippen molar-refractivity contribution in [2.75, 3.05) is 5.32 Å². The standard InChI is InChI=1S/C8H10N2O2S/c1-8(2-3-8)10-7-9-4-5(13-7)6(11)12/h4H,2-3H2,1H3,(H,9,10)(H,11,12). The molecular weight excluding hydrogens is 188 g/mol. The second kappa shape index (κ2) is 2.70. The molecule has 1 aromatic heterocycles. The van der Waals surface area contributed by atoms with Crippen molar-refractivity contribution in [1.29, 1.82) is 0 Å². The predicted molar refractivity (Wildman–Crippen MR) is 50.3 cm³/mol. The fraction of sp³-hybridized carbons (Fsp3) is 0.500. The molecule has 0 bridgehead atoms. The van der Waals surface area contributed by atoms with E-state index in [0.717, 1.165) is 12.8 Å². The van der Waals surface area contributed by atoms with E-state index in [1.165, 1.54) is 17.5 Å². The first kappa shape index (κ1) is 8.50. The molecule has 70 valence electrons. The second-order valence-electron chi connectivity index (χ2n) is 3.52. The van der Waals surface area contributed by atoms with E-state index >= 15 is 0 Å². The minimum Gasteiger partial charge on any atom is -0.477 e. The van der Waals surface area contributed by atoms with Crippen LogP contribution in [0.5, 0.6) is 0 Å². The van der Waals surface area contributed by atoms with Crippen molar-refractivity contribution in [3.63, 3.8) is 0 Å². The number of thiazole rings is 1. The van der Waals surface area contributed by atoms with Gasteiger partial charge in [0.15, 0.2) is 5.13 Å². The van der Waals surface area contributed by atoms with Crippen LogP contribution in [0.1, 0.15) is 29.4 Å². The molecule has 0 amide bonds. The highest BCUT2D eigenvalue weighted by Gasteiger charge is 2.37. The van der Waals surface area contributed by atoms with Gasteiger partial charge in [-0.3, -0.25) is 0 Å². The number of carbonyl (C=O) groups is 1. The molecule has 0 saturated heterocycles. The lowest BCUT2D eigenvalue weighted by Gasteiger charge is -2.08. The fourth-order valence-electron chi connectivity index (χ4n) is 1.00. The zero-order chi connectivity index (χ0) is 9.47. The molecule has 13 heavy (non-hydrogen) atoms. The SMILES string of the molecule is CC1(Nc2ncc(C(=O)O)s2)CC1. The number of aromatic nitrogens is 1. The predicted octanol–water partition coefficient (Wildman–Crippen LogP) is 1.81. The van der Waals surface area contributed by atoms with Gasteiger partial charge < -0.3 is 10.4 Å². The van der Waals surface area contributed by atoms with Gasteiger partial charge in [0, 0.05) is 5.54 Å². The van der Waals surface area contributed by atoms with Crippen LogP contribution in [0.4, 0.5) is 5.13 Å². The first-order valence-electron chi connectivity index (χ1n) is 4.06. The molecule has 1 fully saturated rings. The van der Waals surface area contributed by atoms with Crippen LogP contribution in [0.15, 0.2) is 6.20 Å². The number of rotatable bonds is 3. The van der Waals surface area contributed by atoms with Crippen molar-refractivity contribution in [3.05, 3.63) is 11.1 Å². The van der Waals surface area contributed by atoms with E-state index in [-0.39, 0.29) is 10.4 Å². The van der Waals surface area contributed by atoms with E-state index in [4.69, 9.17) is 5.11 Å². The molecule has 1 aliphatic carbocycles. The number of carboxylic acid groups (broad SMARTS) is 1. The van der Waals surface area contributed by atoms with Crippen LogP contribution in [0, 0.1) is 0 Å². The maximum Gasteiger partial charge on any atom is 0.347 e. The molecule has 1 saturated carbocycles. The van der Waals surface area contributed by atoms with Gasteiger partial charge in [-0.15, -0.1) is 0 Å². The minimum absolute atomic E-state index is 0.160. The number of nitrogens with one attached hydrogen (secondary N) is 1. The average Bonchev–Trinajstić information content (AvgIpc) is 2.62. The molecule has 1 heterocycles. The summed E-state index contributed by atoms with van der Waals surface area (Å²) in [6, 6.07) is 0. The maximum absolute atomic E-state index is 10.5. The van der Waals surface area contributed by atoms with Crippen LogP contribution >= 0.6 is 11.3 Å². The van der Waals surface area contributed by atoms with Gasteiger partial charge in [-0.1, -0.05) is 11.3 Å². The molecule has 1 aliphatic rings. The Bertz CT molecular complexity index is 344. The van der Waals surface area contributed by atoms with Crippen molar-refractivity contribution in [3.8, 4) is 0 Å². The summed E-state index contributed by atoms with van der Waals surface area (Å²) in [5.41, 5.74) is 0.160. The molecule has 2 N–H and O–H groups in total. The van der Waals surface area contributed by atoms with Crippen LogP contribution in [0.2, 0.25) is 0 Å². The maximum atomic E-state index is 10.5. The molecule has 0 aromatic carbocycles. The van der Waals surface area contributed by atoms with Gasteiger partial charge in [-0.05, 0) is 19.8 Å². The summed E-state index contributed by atoms with van der Waals surface area (Å²) in [5, 5.41) is 12.6. The zero-order valence-electron chi connectivity index (χ0n) is 7.20. The Hall–Kier alpha value is -1.10. The molecule has 1 aromatic rings. The third-order valence-electron chi connectivity index (χ3n) is 2.13. The summed E-state index contributed by atoms with van der Waals surface area (Å²) in [6.07, 6.45) is 3.66. The molecule has 0 aliphatic heterocycles. The lowest BCUT2D eigenvalue weighted by molar-refractivity contribution is 0.0702. The van der Waals surface area contributed by atoms with Crippen molar-refractivity contribution in [2.45, 2.75) is 25.3 Å². The van der Waals surface area contributed by atoms with Crippen molar-refractivity contribution < 1.29 is 9.90 Å². The third-order valence-corrected chi connectivity index (χ3v) is 3.03. The number of hydrogen-bond donors (Lipinski definition) is 2. The van der Waals surface area contributed by atoms with Crippen LogP contribution in [0.3, 0.4) is 0 Å². The smallest absolute Gasteiger partial charge is 0.347 e. The molecule has 5 heteroatoms. The van der Waals surface area contributed by atoms with Gasteiger partial charge in [0.05, 0.1) is 6.20 Å². The van der Waals surface area contributed by atoms with Crippen molar-refractivity contribution in [1.82, 2.24) is 4.98 Å². The molecule has 0 radical (unpaired) electrons. The summed E-state index contributed by atoms with van der Waals surface area (Å²) < 4.78 is 0. The quantitative estimate of drug-likeness (QED) is 0.777. The lowest BCUT2D eigenvalue weighted by atomic mass is 10.3. The average molecular weight is 198 g/mol. The van der Waals surface area contributed by atoms with E-state index in [2.05, 4.69) is 17.2 Å². The Balaban J connectivity index is 2.09. The molecule has 4 nitrogen and oxygen atoms in total. The highest BCUT2D eigenvalue weighted by Crippen LogP contribution is 2.38. The molecule has 0 atom stereocenters. The highest BCUT2D eigenvalue weighted by molar-refractivity contribution is 7.17.